The molecule has 0 saturated heterocycles. The molecular weight excluding hydrogens is 397 g/mol. The van der Waals surface area contributed by atoms with Crippen molar-refractivity contribution in [1.29, 1.82) is 0 Å². The molecule has 1 N–H and O–H groups in total. The van der Waals surface area contributed by atoms with Crippen molar-refractivity contribution in [2.24, 2.45) is 0 Å². The normalized spacial score (nSPS) is 10.3. The van der Waals surface area contributed by atoms with Crippen LogP contribution in [-0.4, -0.2) is 15.9 Å². The Balaban J connectivity index is 2.23. The number of rotatable bonds is 2. The van der Waals surface area contributed by atoms with Crippen molar-refractivity contribution in [3.63, 3.8) is 0 Å². The van der Waals surface area contributed by atoms with Gasteiger partial charge in [0.25, 0.3) is 5.91 Å². The Morgan fingerprint density at radius 3 is 2.74 bits per heavy atom. The summed E-state index contributed by atoms with van der Waals surface area (Å²) in [5, 5.41) is 3.21. The standard InChI is InChI=1S/C12H8Br2ClN3O/c1-6-2-3-7(4-8(6)15)12(19)18-11-10(14)17-9(13)5-16-11/h2-5H,1H3,(H,16,18,19). The van der Waals surface area contributed by atoms with E-state index in [0.717, 1.165) is 5.56 Å². The number of halogens is 3. The van der Waals surface area contributed by atoms with Crippen LogP contribution in [0, 0.1) is 6.92 Å². The van der Waals surface area contributed by atoms with Gasteiger partial charge in [-0.2, -0.15) is 0 Å². The van der Waals surface area contributed by atoms with E-state index in [2.05, 4.69) is 47.1 Å². The van der Waals surface area contributed by atoms with Gasteiger partial charge in [0.1, 0.15) is 9.21 Å². The first-order chi connectivity index (χ1) is 8.97. The third-order valence-electron chi connectivity index (χ3n) is 2.37. The van der Waals surface area contributed by atoms with E-state index in [-0.39, 0.29) is 5.91 Å². The molecule has 0 saturated carbocycles. The Bertz CT molecular complexity index is 649. The van der Waals surface area contributed by atoms with Crippen LogP contribution in [0.4, 0.5) is 5.82 Å². The maximum Gasteiger partial charge on any atom is 0.256 e. The quantitative estimate of drug-likeness (QED) is 0.814. The van der Waals surface area contributed by atoms with Gasteiger partial charge in [-0.15, -0.1) is 0 Å². The van der Waals surface area contributed by atoms with Crippen LogP contribution in [0.1, 0.15) is 15.9 Å². The van der Waals surface area contributed by atoms with E-state index in [1.807, 2.05) is 6.92 Å². The minimum absolute atomic E-state index is 0.292. The summed E-state index contributed by atoms with van der Waals surface area (Å²) < 4.78 is 1.03. The highest BCUT2D eigenvalue weighted by molar-refractivity contribution is 9.11. The number of hydrogen-bond donors (Lipinski definition) is 1. The molecule has 0 unspecified atom stereocenters. The molecule has 1 amide bonds. The fourth-order valence-electron chi connectivity index (χ4n) is 1.34. The van der Waals surface area contributed by atoms with E-state index in [9.17, 15) is 4.79 Å². The van der Waals surface area contributed by atoms with Crippen molar-refractivity contribution < 1.29 is 4.79 Å². The molecule has 4 nitrogen and oxygen atoms in total. The SMILES string of the molecule is Cc1ccc(C(=O)Nc2ncc(Br)nc2Br)cc1Cl. The van der Waals surface area contributed by atoms with Crippen molar-refractivity contribution in [3.05, 3.63) is 49.8 Å². The second-order valence-corrected chi connectivity index (χ2v) is 5.72. The Morgan fingerprint density at radius 1 is 1.37 bits per heavy atom. The molecule has 7 heteroatoms. The zero-order valence-electron chi connectivity index (χ0n) is 9.75. The molecular formula is C12H8Br2ClN3O. The lowest BCUT2D eigenvalue weighted by molar-refractivity contribution is 0.102. The zero-order valence-corrected chi connectivity index (χ0v) is 13.7. The van der Waals surface area contributed by atoms with E-state index in [4.69, 9.17) is 11.6 Å². The number of hydrogen-bond acceptors (Lipinski definition) is 3. The predicted molar refractivity (Wildman–Crippen MR) is 81.6 cm³/mol. The Kier molecular flexibility index (Phi) is 4.54. The van der Waals surface area contributed by atoms with Gasteiger partial charge in [-0.25, -0.2) is 9.97 Å². The number of benzene rings is 1. The summed E-state index contributed by atoms with van der Waals surface area (Å²) in [6.45, 7) is 1.88. The predicted octanol–water partition coefficient (Wildman–Crippen LogP) is 4.22. The van der Waals surface area contributed by atoms with Crippen LogP contribution in [-0.2, 0) is 0 Å². The van der Waals surface area contributed by atoms with Gasteiger partial charge < -0.3 is 5.32 Å². The molecule has 19 heavy (non-hydrogen) atoms. The van der Waals surface area contributed by atoms with E-state index < -0.39 is 0 Å². The maximum absolute atomic E-state index is 12.0. The summed E-state index contributed by atoms with van der Waals surface area (Å²) in [4.78, 5) is 20.2. The van der Waals surface area contributed by atoms with Gasteiger partial charge in [-0.3, -0.25) is 4.79 Å². The zero-order chi connectivity index (χ0) is 14.0. The average molecular weight is 405 g/mol. The van der Waals surface area contributed by atoms with Crippen molar-refractivity contribution in [1.82, 2.24) is 9.97 Å². The summed E-state index contributed by atoms with van der Waals surface area (Å²) >= 11 is 12.4. The van der Waals surface area contributed by atoms with Gasteiger partial charge in [-0.1, -0.05) is 17.7 Å². The second-order valence-electron chi connectivity index (χ2n) is 3.75. The number of carbonyl (C=O) groups is 1. The number of nitrogens with one attached hydrogen (secondary N) is 1. The first kappa shape index (κ1) is 14.4. The Labute approximate surface area is 131 Å². The van der Waals surface area contributed by atoms with Crippen molar-refractivity contribution in [2.75, 3.05) is 5.32 Å². The Morgan fingerprint density at radius 2 is 2.11 bits per heavy atom. The molecule has 0 aliphatic carbocycles. The molecule has 0 bridgehead atoms. The topological polar surface area (TPSA) is 54.9 Å². The second kappa shape index (κ2) is 5.98. The average Bonchev–Trinajstić information content (AvgIpc) is 2.36. The van der Waals surface area contributed by atoms with Gasteiger partial charge in [0.2, 0.25) is 0 Å². The molecule has 1 heterocycles. The molecule has 2 rings (SSSR count). The van der Waals surface area contributed by atoms with Crippen LogP contribution < -0.4 is 5.32 Å². The van der Waals surface area contributed by atoms with E-state index in [0.29, 0.717) is 25.6 Å². The summed E-state index contributed by atoms with van der Waals surface area (Å²) in [6.07, 6.45) is 1.50. The van der Waals surface area contributed by atoms with Crippen LogP contribution in [0.25, 0.3) is 0 Å². The molecule has 0 radical (unpaired) electrons. The van der Waals surface area contributed by atoms with Gasteiger partial charge in [-0.05, 0) is 56.5 Å². The highest BCUT2D eigenvalue weighted by Gasteiger charge is 2.11. The third kappa shape index (κ3) is 3.52. The van der Waals surface area contributed by atoms with Gasteiger partial charge >= 0.3 is 0 Å². The maximum atomic E-state index is 12.0. The van der Waals surface area contributed by atoms with E-state index in [1.165, 1.54) is 6.20 Å². The summed E-state index contributed by atoms with van der Waals surface area (Å²) in [5.74, 6) is 0.0594. The lowest BCUT2D eigenvalue weighted by Crippen LogP contribution is -2.14. The summed E-state index contributed by atoms with van der Waals surface area (Å²) in [7, 11) is 0. The van der Waals surface area contributed by atoms with Crippen molar-refractivity contribution >= 4 is 55.2 Å². The largest absolute Gasteiger partial charge is 0.304 e. The minimum Gasteiger partial charge on any atom is -0.304 e. The monoisotopic (exact) mass is 403 g/mol. The molecule has 98 valence electrons. The van der Waals surface area contributed by atoms with Crippen LogP contribution in [0.2, 0.25) is 5.02 Å². The Hall–Kier alpha value is -0.980. The molecule has 1 aromatic heterocycles. The molecule has 0 aliphatic heterocycles. The third-order valence-corrected chi connectivity index (χ3v) is 3.71. The van der Waals surface area contributed by atoms with E-state index in [1.54, 1.807) is 18.2 Å². The first-order valence-electron chi connectivity index (χ1n) is 5.23. The fourth-order valence-corrected chi connectivity index (χ4v) is 2.44. The van der Waals surface area contributed by atoms with Crippen molar-refractivity contribution in [2.45, 2.75) is 6.92 Å². The number of aromatic nitrogens is 2. The highest BCUT2D eigenvalue weighted by atomic mass is 79.9. The first-order valence-corrected chi connectivity index (χ1v) is 7.19. The molecule has 0 atom stereocenters. The lowest BCUT2D eigenvalue weighted by Gasteiger charge is -2.07. The molecule has 2 aromatic rings. The number of amides is 1. The van der Waals surface area contributed by atoms with Gasteiger partial charge in [0.15, 0.2) is 5.82 Å². The number of aryl methyl sites for hydroxylation is 1. The summed E-state index contributed by atoms with van der Waals surface area (Å²) in [6, 6.07) is 5.11. The van der Waals surface area contributed by atoms with Crippen molar-refractivity contribution in [3.8, 4) is 0 Å². The van der Waals surface area contributed by atoms with Crippen LogP contribution in [0.5, 0.6) is 0 Å². The van der Waals surface area contributed by atoms with Crippen LogP contribution in [0.15, 0.2) is 33.6 Å². The number of anilines is 1. The molecule has 1 aromatic carbocycles. The van der Waals surface area contributed by atoms with Gasteiger partial charge in [0, 0.05) is 10.6 Å². The summed E-state index contributed by atoms with van der Waals surface area (Å²) in [5.41, 5.74) is 1.38. The van der Waals surface area contributed by atoms with Gasteiger partial charge in [0.05, 0.1) is 6.20 Å². The minimum atomic E-state index is -0.292. The molecule has 0 aliphatic rings. The molecule has 0 spiro atoms. The van der Waals surface area contributed by atoms with E-state index >= 15 is 0 Å². The smallest absolute Gasteiger partial charge is 0.256 e. The fraction of sp³-hybridized carbons (Fsp3) is 0.0833. The highest BCUT2D eigenvalue weighted by Crippen LogP contribution is 2.21. The number of nitrogens with zero attached hydrogens (tertiary/aromatic N) is 2. The van der Waals surface area contributed by atoms with Crippen LogP contribution in [0.3, 0.4) is 0 Å². The van der Waals surface area contributed by atoms with Crippen LogP contribution >= 0.6 is 43.5 Å². The number of carbonyl (C=O) groups excluding carboxylic acids is 1. The molecule has 0 fully saturated rings. The lowest BCUT2D eigenvalue weighted by atomic mass is 10.1.